The van der Waals surface area contributed by atoms with Crippen molar-refractivity contribution in [3.63, 3.8) is 0 Å². The van der Waals surface area contributed by atoms with Gasteiger partial charge in [0.05, 0.1) is 11.2 Å². The van der Waals surface area contributed by atoms with E-state index in [0.717, 1.165) is 17.6 Å². The fraction of sp³-hybridized carbons (Fsp3) is 0.417. The molecule has 0 aliphatic heterocycles. The Morgan fingerprint density at radius 1 is 1.40 bits per heavy atom. The highest BCUT2D eigenvalue weighted by atomic mass is 16.3. The molecule has 15 heavy (non-hydrogen) atoms. The summed E-state index contributed by atoms with van der Waals surface area (Å²) in [6.07, 6.45) is 0.831. The quantitative estimate of drug-likeness (QED) is 0.827. The van der Waals surface area contributed by atoms with Crippen molar-refractivity contribution < 1.29 is 5.11 Å². The van der Waals surface area contributed by atoms with Gasteiger partial charge in [-0.15, -0.1) is 0 Å². The summed E-state index contributed by atoms with van der Waals surface area (Å²) in [5.41, 5.74) is 2.23. The molecule has 3 heteroatoms. The zero-order valence-corrected chi connectivity index (χ0v) is 9.14. The topological polar surface area (TPSA) is 38.1 Å². The molecule has 0 saturated carbocycles. The molecule has 1 aromatic carbocycles. The summed E-state index contributed by atoms with van der Waals surface area (Å²) in [7, 11) is 1.95. The van der Waals surface area contributed by atoms with Gasteiger partial charge in [0.25, 0.3) is 0 Å². The van der Waals surface area contributed by atoms with Crippen molar-refractivity contribution in [1.82, 2.24) is 9.78 Å². The molecule has 0 bridgehead atoms. The van der Waals surface area contributed by atoms with E-state index in [1.807, 2.05) is 30.8 Å². The molecule has 3 nitrogen and oxygen atoms in total. The molecule has 1 unspecified atom stereocenters. The maximum Gasteiger partial charge on any atom is 0.0706 e. The van der Waals surface area contributed by atoms with Gasteiger partial charge in [0.15, 0.2) is 0 Å². The molecule has 0 radical (unpaired) electrons. The van der Waals surface area contributed by atoms with Crippen LogP contribution in [0.1, 0.15) is 12.6 Å². The maximum absolute atomic E-state index is 9.04. The van der Waals surface area contributed by atoms with E-state index in [1.54, 1.807) is 0 Å². The predicted octanol–water partition coefficient (Wildman–Crippen LogP) is 1.74. The molecule has 1 N–H and O–H groups in total. The number of hydrogen-bond acceptors (Lipinski definition) is 2. The van der Waals surface area contributed by atoms with Crippen molar-refractivity contribution in [2.24, 2.45) is 13.0 Å². The van der Waals surface area contributed by atoms with Gasteiger partial charge in [-0.3, -0.25) is 4.68 Å². The molecule has 0 amide bonds. The van der Waals surface area contributed by atoms with Crippen molar-refractivity contribution >= 4 is 10.9 Å². The molecule has 2 aromatic rings. The highest BCUT2D eigenvalue weighted by Gasteiger charge is 2.10. The van der Waals surface area contributed by atoms with Crippen LogP contribution in [0.4, 0.5) is 0 Å². The van der Waals surface area contributed by atoms with E-state index in [2.05, 4.69) is 17.2 Å². The molecule has 0 aliphatic carbocycles. The molecule has 1 heterocycles. The van der Waals surface area contributed by atoms with Crippen molar-refractivity contribution in [3.05, 3.63) is 30.0 Å². The summed E-state index contributed by atoms with van der Waals surface area (Å²) >= 11 is 0. The first kappa shape index (κ1) is 10.2. The molecule has 0 fully saturated rings. The van der Waals surface area contributed by atoms with E-state index in [0.29, 0.717) is 0 Å². The normalized spacial score (nSPS) is 13.3. The monoisotopic (exact) mass is 204 g/mol. The molecule has 0 aliphatic rings. The first-order valence-corrected chi connectivity index (χ1v) is 5.24. The lowest BCUT2D eigenvalue weighted by atomic mass is 10.0. The zero-order chi connectivity index (χ0) is 10.8. The Balaban J connectivity index is 2.43. The Morgan fingerprint density at radius 2 is 2.13 bits per heavy atom. The average Bonchev–Trinajstić information content (AvgIpc) is 2.57. The highest BCUT2D eigenvalue weighted by molar-refractivity contribution is 5.81. The Labute approximate surface area is 89.3 Å². The second-order valence-corrected chi connectivity index (χ2v) is 4.08. The molecule has 0 spiro atoms. The van der Waals surface area contributed by atoms with Gasteiger partial charge in [0.1, 0.15) is 0 Å². The van der Waals surface area contributed by atoms with Gasteiger partial charge >= 0.3 is 0 Å². The Morgan fingerprint density at radius 3 is 2.87 bits per heavy atom. The summed E-state index contributed by atoms with van der Waals surface area (Å²) < 4.78 is 1.90. The van der Waals surface area contributed by atoms with Gasteiger partial charge in [-0.1, -0.05) is 25.1 Å². The molecule has 80 valence electrons. The third kappa shape index (κ3) is 1.88. The van der Waals surface area contributed by atoms with Gasteiger partial charge in [-0.25, -0.2) is 0 Å². The SMILES string of the molecule is CC(CO)Cc1nn(C)c2ccccc12. The summed E-state index contributed by atoms with van der Waals surface area (Å²) in [4.78, 5) is 0. The minimum atomic E-state index is 0.213. The van der Waals surface area contributed by atoms with E-state index in [4.69, 9.17) is 5.11 Å². The van der Waals surface area contributed by atoms with Crippen LogP contribution in [0.5, 0.6) is 0 Å². The first-order chi connectivity index (χ1) is 7.22. The average molecular weight is 204 g/mol. The van der Waals surface area contributed by atoms with Gasteiger partial charge < -0.3 is 5.11 Å². The second kappa shape index (κ2) is 4.03. The van der Waals surface area contributed by atoms with Gasteiger partial charge in [0.2, 0.25) is 0 Å². The summed E-state index contributed by atoms with van der Waals surface area (Å²) in [5.74, 6) is 0.267. The molecule has 0 saturated heterocycles. The minimum Gasteiger partial charge on any atom is -0.396 e. The maximum atomic E-state index is 9.04. The Bertz CT molecular complexity index is 462. The number of fused-ring (bicyclic) bond motifs is 1. The first-order valence-electron chi connectivity index (χ1n) is 5.24. The van der Waals surface area contributed by atoms with E-state index in [1.165, 1.54) is 5.39 Å². The minimum absolute atomic E-state index is 0.213. The summed E-state index contributed by atoms with van der Waals surface area (Å²) in [6, 6.07) is 8.19. The van der Waals surface area contributed by atoms with E-state index in [-0.39, 0.29) is 12.5 Å². The van der Waals surface area contributed by atoms with Crippen molar-refractivity contribution in [3.8, 4) is 0 Å². The molecule has 2 rings (SSSR count). The predicted molar refractivity (Wildman–Crippen MR) is 60.7 cm³/mol. The number of hydrogen-bond donors (Lipinski definition) is 1. The number of aryl methyl sites for hydroxylation is 1. The third-order valence-electron chi connectivity index (χ3n) is 2.69. The summed E-state index contributed by atoms with van der Waals surface area (Å²) in [6.45, 7) is 2.24. The molecular formula is C12H16N2O. The Kier molecular flexibility index (Phi) is 2.73. The number of benzene rings is 1. The zero-order valence-electron chi connectivity index (χ0n) is 9.14. The van der Waals surface area contributed by atoms with E-state index in [9.17, 15) is 0 Å². The van der Waals surface area contributed by atoms with Crippen molar-refractivity contribution in [1.29, 1.82) is 0 Å². The summed E-state index contributed by atoms with van der Waals surface area (Å²) in [5, 5.41) is 14.7. The van der Waals surface area contributed by atoms with E-state index >= 15 is 0 Å². The van der Waals surface area contributed by atoms with Crippen molar-refractivity contribution in [2.75, 3.05) is 6.61 Å². The van der Waals surface area contributed by atoms with Crippen LogP contribution in [0.3, 0.4) is 0 Å². The second-order valence-electron chi connectivity index (χ2n) is 4.08. The molecule has 1 atom stereocenters. The van der Waals surface area contributed by atoms with Gasteiger partial charge in [0, 0.05) is 19.0 Å². The van der Waals surface area contributed by atoms with E-state index < -0.39 is 0 Å². The van der Waals surface area contributed by atoms with Crippen LogP contribution in [0, 0.1) is 5.92 Å². The van der Waals surface area contributed by atoms with Crippen LogP contribution in [0.2, 0.25) is 0 Å². The Hall–Kier alpha value is -1.35. The lowest BCUT2D eigenvalue weighted by Gasteiger charge is -2.04. The highest BCUT2D eigenvalue weighted by Crippen LogP contribution is 2.19. The largest absolute Gasteiger partial charge is 0.396 e. The van der Waals surface area contributed by atoms with Gasteiger partial charge in [-0.05, 0) is 18.4 Å². The number of aliphatic hydroxyl groups is 1. The lowest BCUT2D eigenvalue weighted by molar-refractivity contribution is 0.236. The molecular weight excluding hydrogens is 188 g/mol. The van der Waals surface area contributed by atoms with Crippen molar-refractivity contribution in [2.45, 2.75) is 13.3 Å². The number of para-hydroxylation sites is 1. The van der Waals surface area contributed by atoms with Crippen LogP contribution < -0.4 is 0 Å². The van der Waals surface area contributed by atoms with Crippen LogP contribution in [-0.4, -0.2) is 21.5 Å². The standard InChI is InChI=1S/C12H16N2O/c1-9(8-15)7-11-10-5-3-4-6-12(10)14(2)13-11/h3-6,9,15H,7-8H2,1-2H3. The van der Waals surface area contributed by atoms with Crippen LogP contribution in [0.25, 0.3) is 10.9 Å². The van der Waals surface area contributed by atoms with Crippen LogP contribution in [-0.2, 0) is 13.5 Å². The fourth-order valence-electron chi connectivity index (χ4n) is 1.83. The third-order valence-corrected chi connectivity index (χ3v) is 2.69. The number of nitrogens with zero attached hydrogens (tertiary/aromatic N) is 2. The number of rotatable bonds is 3. The fourth-order valence-corrected chi connectivity index (χ4v) is 1.83. The number of aromatic nitrogens is 2. The molecule has 1 aromatic heterocycles. The number of aliphatic hydroxyl groups excluding tert-OH is 1. The van der Waals surface area contributed by atoms with Gasteiger partial charge in [-0.2, -0.15) is 5.10 Å². The van der Waals surface area contributed by atoms with Crippen LogP contribution in [0.15, 0.2) is 24.3 Å². The smallest absolute Gasteiger partial charge is 0.0706 e. The lowest BCUT2D eigenvalue weighted by Crippen LogP contribution is -2.05. The van der Waals surface area contributed by atoms with Crippen LogP contribution >= 0.6 is 0 Å².